The number of primary amides is 1. The van der Waals surface area contributed by atoms with Crippen LogP contribution in [0.4, 0.5) is 0 Å². The van der Waals surface area contributed by atoms with Crippen molar-refractivity contribution in [3.63, 3.8) is 0 Å². The molecule has 2 saturated heterocycles. The number of rotatable bonds is 6. The molecule has 20 heteroatoms. The van der Waals surface area contributed by atoms with E-state index in [0.717, 1.165) is 7.11 Å². The van der Waals surface area contributed by atoms with E-state index >= 15 is 0 Å². The number of likely N-dealkylation sites (tertiary alicyclic amines) is 2. The Balaban J connectivity index is 0.000000235. The third-order valence-corrected chi connectivity index (χ3v) is 10.7. The molecule has 8 rings (SSSR count). The van der Waals surface area contributed by atoms with Crippen molar-refractivity contribution in [1.29, 1.82) is 0 Å². The van der Waals surface area contributed by atoms with Crippen LogP contribution >= 0.6 is 0 Å². The number of nitrogens with two attached hydrogens (primary N) is 1. The average Bonchev–Trinajstić information content (AvgIpc) is 4.04. The zero-order valence-corrected chi connectivity index (χ0v) is 37.1. The number of amides is 3. The second-order valence-electron chi connectivity index (χ2n) is 15.3. The van der Waals surface area contributed by atoms with Gasteiger partial charge in [-0.25, -0.2) is 24.1 Å². The van der Waals surface area contributed by atoms with Crippen LogP contribution in [0.1, 0.15) is 82.1 Å². The van der Waals surface area contributed by atoms with Crippen molar-refractivity contribution < 1.29 is 49.4 Å². The van der Waals surface area contributed by atoms with Gasteiger partial charge in [-0.15, -0.1) is 0 Å². The lowest BCUT2D eigenvalue weighted by Gasteiger charge is -2.13. The molecule has 20 nitrogen and oxygen atoms in total. The summed E-state index contributed by atoms with van der Waals surface area (Å²) in [7, 11) is 5.50. The average molecular weight is 903 g/mol. The molecule has 4 atom stereocenters. The number of aromatic nitrogens is 6. The number of benzene rings is 2. The van der Waals surface area contributed by atoms with Gasteiger partial charge in [0.2, 0.25) is 11.2 Å². The zero-order valence-electron chi connectivity index (χ0n) is 37.1. The molecule has 4 aromatic heterocycles. The van der Waals surface area contributed by atoms with Crippen molar-refractivity contribution in [2.75, 3.05) is 41.4 Å². The van der Waals surface area contributed by atoms with Gasteiger partial charge in [0, 0.05) is 70.7 Å². The van der Waals surface area contributed by atoms with Gasteiger partial charge in [0.15, 0.2) is 22.7 Å². The van der Waals surface area contributed by atoms with Crippen molar-refractivity contribution in [3.05, 3.63) is 107 Å². The lowest BCUT2D eigenvalue weighted by Crippen LogP contribution is -2.37. The Morgan fingerprint density at radius 3 is 1.50 bits per heavy atom. The zero-order chi connectivity index (χ0) is 47.4. The van der Waals surface area contributed by atoms with Crippen molar-refractivity contribution in [1.82, 2.24) is 45.5 Å². The van der Waals surface area contributed by atoms with Crippen LogP contribution in [0.15, 0.2) is 73.1 Å². The number of pyridine rings is 2. The highest BCUT2D eigenvalue weighted by Crippen LogP contribution is 2.28. The van der Waals surface area contributed by atoms with E-state index in [0.29, 0.717) is 68.8 Å². The van der Waals surface area contributed by atoms with Gasteiger partial charge in [-0.3, -0.25) is 14.4 Å². The summed E-state index contributed by atoms with van der Waals surface area (Å²) in [5, 5.41) is 58.2. The van der Waals surface area contributed by atoms with Crippen LogP contribution in [0.2, 0.25) is 0 Å². The maximum absolute atomic E-state index is 12.2. The number of esters is 1. The molecule has 0 radical (unpaired) electrons. The molecule has 2 unspecified atom stereocenters. The minimum atomic E-state index is -1.74. The highest BCUT2D eigenvalue weighted by atomic mass is 16.5. The number of aliphatic hydroxyl groups is 5. The summed E-state index contributed by atoms with van der Waals surface area (Å²) in [6.07, 6.45) is 1.96. The van der Waals surface area contributed by atoms with E-state index in [1.165, 1.54) is 26.3 Å². The molecule has 2 aliphatic rings. The van der Waals surface area contributed by atoms with Gasteiger partial charge in [-0.05, 0) is 85.6 Å². The van der Waals surface area contributed by atoms with E-state index in [4.69, 9.17) is 15.6 Å². The number of ether oxygens (including phenoxy) is 1. The van der Waals surface area contributed by atoms with E-state index in [-0.39, 0.29) is 30.4 Å². The van der Waals surface area contributed by atoms with Gasteiger partial charge in [0.1, 0.15) is 0 Å². The first-order chi connectivity index (χ1) is 30.9. The molecule has 344 valence electrons. The van der Waals surface area contributed by atoms with E-state index in [1.807, 2.05) is 0 Å². The summed E-state index contributed by atoms with van der Waals surface area (Å²) in [5.74, 6) is 8.90. The first-order valence-electron chi connectivity index (χ1n) is 20.1. The Kier molecular flexibility index (Phi) is 15.1. The smallest absolute Gasteiger partial charge is 0.359 e. The third-order valence-electron chi connectivity index (χ3n) is 10.7. The first kappa shape index (κ1) is 49.5. The van der Waals surface area contributed by atoms with Gasteiger partial charge in [-0.1, -0.05) is 23.7 Å². The summed E-state index contributed by atoms with van der Waals surface area (Å²) in [5.41, 5.74) is 6.05. The summed E-state index contributed by atoms with van der Waals surface area (Å²) in [6.45, 7) is 4.06. The number of hydrogen-bond donors (Lipinski definition) is 7. The Morgan fingerprint density at radius 1 is 0.727 bits per heavy atom. The number of hydrogen-bond acceptors (Lipinski definition) is 15. The summed E-state index contributed by atoms with van der Waals surface area (Å²) in [6, 6.07) is 16.9. The lowest BCUT2D eigenvalue weighted by molar-refractivity contribution is -0.138. The van der Waals surface area contributed by atoms with Crippen LogP contribution in [-0.2, 0) is 14.3 Å². The molecule has 6 heterocycles. The largest absolute Gasteiger partial charge is 0.464 e. The number of carbonyl (C=O) groups is 4. The predicted molar refractivity (Wildman–Crippen MR) is 240 cm³/mol. The van der Waals surface area contributed by atoms with Gasteiger partial charge < -0.3 is 52.0 Å². The number of likely N-dealkylation sites (N-methyl/N-ethyl adjacent to an activating group) is 2. The van der Waals surface area contributed by atoms with Crippen LogP contribution in [0.25, 0.3) is 33.4 Å². The first-order valence-corrected chi connectivity index (χ1v) is 20.1. The topological polar surface area (TPSA) is 308 Å². The van der Waals surface area contributed by atoms with Crippen LogP contribution in [0.3, 0.4) is 0 Å². The van der Waals surface area contributed by atoms with E-state index in [2.05, 4.69) is 43.8 Å². The summed E-state index contributed by atoms with van der Waals surface area (Å²) in [4.78, 5) is 60.0. The minimum Gasteiger partial charge on any atom is -0.464 e. The maximum atomic E-state index is 12.2. The summed E-state index contributed by atoms with van der Waals surface area (Å²) < 4.78 is 7.76. The fourth-order valence-corrected chi connectivity index (χ4v) is 7.12. The number of aliphatic hydroxyl groups excluding tert-OH is 3. The second-order valence-corrected chi connectivity index (χ2v) is 15.3. The lowest BCUT2D eigenvalue weighted by atomic mass is 10.0. The Hall–Kier alpha value is -7.56. The highest BCUT2D eigenvalue weighted by molar-refractivity contribution is 6.03. The molecule has 0 bridgehead atoms. The van der Waals surface area contributed by atoms with Crippen molar-refractivity contribution >= 4 is 45.8 Å². The van der Waals surface area contributed by atoms with Gasteiger partial charge in [-0.2, -0.15) is 10.2 Å². The summed E-state index contributed by atoms with van der Waals surface area (Å²) >= 11 is 0. The number of fused-ring (bicyclic) bond motifs is 2. The molecule has 3 amide bonds. The standard InChI is InChI=1S/C23H22N4O5.C22H21N5O4.CH4O.H3N/c1-14(28)16-11-15(6-7-23(31)8-10-26(2)22(23)30)12-17(13-16)27-20-18(5-4-9-24-20)19(25-27)21(29)32-3;1-13(28)15-10-14(5-6-22(31)7-9-26(2)21(22)30)11-16(12-15)27-20-17(4-3-8-24-20)18(25-27)19(23)29;1-2;/h4-5,9,11-14,28,31H,8,10H2,1-3H3;3-4,8,10-13,28,31H,7,9H2,1-2H3,(H2,23,29);2H,1H3;1H3/t14?,23-;13?,22-;;/m00../s1. The van der Waals surface area contributed by atoms with Crippen molar-refractivity contribution in [3.8, 4) is 35.1 Å². The van der Waals surface area contributed by atoms with Gasteiger partial charge >= 0.3 is 5.97 Å². The SMILES string of the molecule is CC(O)c1cc(C#C[C@]2(O)CCN(C)C2=O)cc(-n2nc(C(N)=O)c3cccnc32)c1.CO.COC(=O)c1nn(-c2cc(C#C[C@]3(O)CCN(C)C3=O)cc(C(C)O)c2)c2ncccc12.N. The van der Waals surface area contributed by atoms with Crippen LogP contribution in [0, 0.1) is 23.7 Å². The fraction of sp³-hybridized carbons (Fsp3) is 0.304. The molecule has 0 aliphatic carbocycles. The number of methoxy groups -OCH3 is 1. The number of carbonyl (C=O) groups excluding carboxylic acids is 4. The molecule has 2 aliphatic heterocycles. The highest BCUT2D eigenvalue weighted by Gasteiger charge is 2.43. The fourth-order valence-electron chi connectivity index (χ4n) is 7.12. The Bertz CT molecular complexity index is 2960. The normalized spacial score (nSPS) is 18.4. The van der Waals surface area contributed by atoms with E-state index in [9.17, 15) is 39.6 Å². The molecular formula is C46H50N10O10. The molecular weight excluding hydrogens is 853 g/mol. The monoisotopic (exact) mass is 902 g/mol. The van der Waals surface area contributed by atoms with Crippen molar-refractivity contribution in [2.24, 2.45) is 5.73 Å². The molecule has 0 spiro atoms. The quantitative estimate of drug-likeness (QED) is 0.0920. The molecule has 2 aromatic carbocycles. The second kappa shape index (κ2) is 20.1. The number of nitrogens with zero attached hydrogens (tertiary/aromatic N) is 8. The van der Waals surface area contributed by atoms with Gasteiger partial charge in [0.05, 0.1) is 41.5 Å². The molecule has 66 heavy (non-hydrogen) atoms. The van der Waals surface area contributed by atoms with E-state index < -0.39 is 47.1 Å². The molecule has 0 saturated carbocycles. The van der Waals surface area contributed by atoms with Gasteiger partial charge in [0.25, 0.3) is 17.7 Å². The van der Waals surface area contributed by atoms with Crippen molar-refractivity contribution in [2.45, 2.75) is 50.1 Å². The molecule has 6 aromatic rings. The van der Waals surface area contributed by atoms with Crippen LogP contribution < -0.4 is 11.9 Å². The Morgan fingerprint density at radius 2 is 1.14 bits per heavy atom. The Labute approximate surface area is 378 Å². The van der Waals surface area contributed by atoms with Crippen LogP contribution in [-0.4, -0.2) is 141 Å². The minimum absolute atomic E-state index is 0. The molecule has 2 fully saturated rings. The predicted octanol–water partition coefficient (Wildman–Crippen LogP) is 1.49. The maximum Gasteiger partial charge on any atom is 0.359 e. The third kappa shape index (κ3) is 9.89. The van der Waals surface area contributed by atoms with E-state index in [1.54, 1.807) is 101 Å². The van der Waals surface area contributed by atoms with Crippen LogP contribution in [0.5, 0.6) is 0 Å². The molecule has 10 N–H and O–H groups in total.